The molecule has 0 unspecified atom stereocenters. The lowest BCUT2D eigenvalue weighted by atomic mass is 9.83. The van der Waals surface area contributed by atoms with E-state index in [0.29, 0.717) is 5.41 Å². The molecule has 19 heavy (non-hydrogen) atoms. The van der Waals surface area contributed by atoms with Crippen LogP contribution in [0.2, 0.25) is 0 Å². The summed E-state index contributed by atoms with van der Waals surface area (Å²) in [4.78, 5) is 0. The van der Waals surface area contributed by atoms with E-state index in [0.717, 1.165) is 5.92 Å². The van der Waals surface area contributed by atoms with Crippen LogP contribution in [0.15, 0.2) is 0 Å². The van der Waals surface area contributed by atoms with Crippen LogP contribution in [0.25, 0.3) is 0 Å². The van der Waals surface area contributed by atoms with E-state index in [9.17, 15) is 0 Å². The SMILES string of the molecule is CCCCCC[C](CCCC(C)C)CCC(C)(C)C. The predicted octanol–water partition coefficient (Wildman–Crippen LogP) is 7.18. The fourth-order valence-corrected chi connectivity index (χ4v) is 2.49. The molecule has 1 radical (unpaired) electrons. The highest BCUT2D eigenvalue weighted by atomic mass is 14.2. The van der Waals surface area contributed by atoms with Gasteiger partial charge in [0.1, 0.15) is 0 Å². The van der Waals surface area contributed by atoms with Crippen molar-refractivity contribution >= 4 is 0 Å². The third-order valence-corrected chi connectivity index (χ3v) is 3.92. The molecule has 0 aromatic carbocycles. The maximum Gasteiger partial charge on any atom is -0.0241 e. The zero-order valence-corrected chi connectivity index (χ0v) is 14.6. The maximum absolute atomic E-state index is 2.37. The second kappa shape index (κ2) is 10.7. The molecule has 0 saturated carbocycles. The fraction of sp³-hybridized carbons (Fsp3) is 0.947. The number of unbranched alkanes of at least 4 members (excludes halogenated alkanes) is 3. The summed E-state index contributed by atoms with van der Waals surface area (Å²) < 4.78 is 0. The molecule has 0 atom stereocenters. The third kappa shape index (κ3) is 14.2. The van der Waals surface area contributed by atoms with Crippen LogP contribution in [-0.4, -0.2) is 0 Å². The Morgan fingerprint density at radius 1 is 0.842 bits per heavy atom. The highest BCUT2D eigenvalue weighted by Gasteiger charge is 2.15. The summed E-state index contributed by atoms with van der Waals surface area (Å²) in [5.74, 6) is 2.72. The summed E-state index contributed by atoms with van der Waals surface area (Å²) in [7, 11) is 0. The van der Waals surface area contributed by atoms with E-state index < -0.39 is 0 Å². The average Bonchev–Trinajstić information content (AvgIpc) is 2.29. The van der Waals surface area contributed by atoms with Gasteiger partial charge in [-0.25, -0.2) is 0 Å². The molecule has 0 bridgehead atoms. The highest BCUT2D eigenvalue weighted by Crippen LogP contribution is 2.30. The molecule has 0 aromatic rings. The monoisotopic (exact) mass is 267 g/mol. The van der Waals surface area contributed by atoms with Gasteiger partial charge in [0.15, 0.2) is 0 Å². The minimum Gasteiger partial charge on any atom is -0.0654 e. The molecule has 0 heterocycles. The molecule has 0 rings (SSSR count). The number of rotatable bonds is 11. The summed E-state index contributed by atoms with van der Waals surface area (Å²) in [5.41, 5.74) is 0.493. The summed E-state index contributed by atoms with van der Waals surface area (Å²) in [6, 6.07) is 0. The Hall–Kier alpha value is 0. The first kappa shape index (κ1) is 19.0. The maximum atomic E-state index is 2.37. The Balaban J connectivity index is 3.92. The van der Waals surface area contributed by atoms with Crippen molar-refractivity contribution in [2.45, 2.75) is 106 Å². The Bertz CT molecular complexity index is 185. The van der Waals surface area contributed by atoms with Gasteiger partial charge in [-0.2, -0.15) is 0 Å². The van der Waals surface area contributed by atoms with Gasteiger partial charge in [-0.1, -0.05) is 80.1 Å². The molecule has 0 aliphatic rings. The first-order chi connectivity index (χ1) is 8.85. The zero-order chi connectivity index (χ0) is 14.7. The fourth-order valence-electron chi connectivity index (χ4n) is 2.49. The Kier molecular flexibility index (Phi) is 10.7. The van der Waals surface area contributed by atoms with Crippen molar-refractivity contribution in [3.8, 4) is 0 Å². The normalized spacial score (nSPS) is 12.6. The van der Waals surface area contributed by atoms with E-state index in [2.05, 4.69) is 41.5 Å². The van der Waals surface area contributed by atoms with E-state index in [1.165, 1.54) is 64.2 Å². The molecule has 0 fully saturated rings. The van der Waals surface area contributed by atoms with Crippen molar-refractivity contribution < 1.29 is 0 Å². The van der Waals surface area contributed by atoms with Crippen molar-refractivity contribution in [1.29, 1.82) is 0 Å². The van der Waals surface area contributed by atoms with Crippen LogP contribution in [0, 0.1) is 17.3 Å². The van der Waals surface area contributed by atoms with E-state index >= 15 is 0 Å². The van der Waals surface area contributed by atoms with Gasteiger partial charge in [-0.3, -0.25) is 0 Å². The van der Waals surface area contributed by atoms with Crippen LogP contribution in [0.3, 0.4) is 0 Å². The summed E-state index contributed by atoms with van der Waals surface area (Å²) in [6.07, 6.45) is 13.9. The minimum atomic E-state index is 0.493. The lowest BCUT2D eigenvalue weighted by Gasteiger charge is -2.23. The Labute approximate surface area is 123 Å². The number of hydrogen-bond acceptors (Lipinski definition) is 0. The second-order valence-electron chi connectivity index (χ2n) is 7.91. The second-order valence-corrected chi connectivity index (χ2v) is 7.91. The van der Waals surface area contributed by atoms with Gasteiger partial charge in [0.25, 0.3) is 0 Å². The summed E-state index contributed by atoms with van der Waals surface area (Å²) in [5, 5.41) is 0. The highest BCUT2D eigenvalue weighted by molar-refractivity contribution is 4.90. The lowest BCUT2D eigenvalue weighted by molar-refractivity contribution is 0.357. The molecular formula is C19H39. The van der Waals surface area contributed by atoms with Gasteiger partial charge in [-0.15, -0.1) is 0 Å². The number of hydrogen-bond donors (Lipinski definition) is 0. The van der Waals surface area contributed by atoms with Crippen molar-refractivity contribution in [2.75, 3.05) is 0 Å². The predicted molar refractivity (Wildman–Crippen MR) is 89.4 cm³/mol. The molecular weight excluding hydrogens is 228 g/mol. The zero-order valence-electron chi connectivity index (χ0n) is 14.6. The molecule has 0 amide bonds. The first-order valence-corrected chi connectivity index (χ1v) is 8.68. The van der Waals surface area contributed by atoms with Gasteiger partial charge in [0.05, 0.1) is 0 Å². The third-order valence-electron chi connectivity index (χ3n) is 3.92. The molecule has 0 saturated heterocycles. The first-order valence-electron chi connectivity index (χ1n) is 8.68. The van der Waals surface area contributed by atoms with Gasteiger partial charge >= 0.3 is 0 Å². The van der Waals surface area contributed by atoms with Crippen LogP contribution in [0.5, 0.6) is 0 Å². The van der Waals surface area contributed by atoms with Crippen molar-refractivity contribution in [3.63, 3.8) is 0 Å². The molecule has 0 aliphatic heterocycles. The molecule has 0 spiro atoms. The molecule has 0 aromatic heterocycles. The van der Waals surface area contributed by atoms with Gasteiger partial charge in [0, 0.05) is 0 Å². The van der Waals surface area contributed by atoms with Crippen molar-refractivity contribution in [2.24, 2.45) is 11.3 Å². The molecule has 0 aliphatic carbocycles. The Morgan fingerprint density at radius 2 is 1.47 bits per heavy atom. The van der Waals surface area contributed by atoms with E-state index in [1.807, 2.05) is 5.92 Å². The van der Waals surface area contributed by atoms with Gasteiger partial charge in [-0.05, 0) is 42.9 Å². The average molecular weight is 268 g/mol. The molecule has 0 nitrogen and oxygen atoms in total. The van der Waals surface area contributed by atoms with Gasteiger partial charge in [0.2, 0.25) is 0 Å². The quantitative estimate of drug-likeness (QED) is 0.348. The van der Waals surface area contributed by atoms with Gasteiger partial charge < -0.3 is 0 Å². The minimum absolute atomic E-state index is 0.493. The van der Waals surface area contributed by atoms with Crippen LogP contribution < -0.4 is 0 Å². The largest absolute Gasteiger partial charge is 0.0654 e. The van der Waals surface area contributed by atoms with Crippen LogP contribution >= 0.6 is 0 Å². The topological polar surface area (TPSA) is 0 Å². The summed E-state index contributed by atoms with van der Waals surface area (Å²) in [6.45, 7) is 14.1. The van der Waals surface area contributed by atoms with Crippen molar-refractivity contribution in [1.82, 2.24) is 0 Å². The van der Waals surface area contributed by atoms with E-state index in [1.54, 1.807) is 0 Å². The smallest absolute Gasteiger partial charge is 0.0241 e. The lowest BCUT2D eigenvalue weighted by Crippen LogP contribution is -2.09. The molecule has 0 heteroatoms. The van der Waals surface area contributed by atoms with Crippen LogP contribution in [-0.2, 0) is 0 Å². The van der Waals surface area contributed by atoms with Crippen LogP contribution in [0.1, 0.15) is 106 Å². The van der Waals surface area contributed by atoms with E-state index in [-0.39, 0.29) is 0 Å². The van der Waals surface area contributed by atoms with Crippen molar-refractivity contribution in [3.05, 3.63) is 5.92 Å². The van der Waals surface area contributed by atoms with Crippen LogP contribution in [0.4, 0.5) is 0 Å². The standard InChI is InChI=1S/C19H39/c1-7-8-9-10-13-18(14-11-12-17(2)3)15-16-19(4,5)6/h17H,7-16H2,1-6H3. The molecule has 115 valence electrons. The van der Waals surface area contributed by atoms with E-state index in [4.69, 9.17) is 0 Å². The Morgan fingerprint density at radius 3 is 2.00 bits per heavy atom. The summed E-state index contributed by atoms with van der Waals surface area (Å²) >= 11 is 0. The molecule has 0 N–H and O–H groups in total.